The van der Waals surface area contributed by atoms with E-state index in [0.717, 1.165) is 3.07 Å². The van der Waals surface area contributed by atoms with Crippen molar-refractivity contribution < 1.29 is 37.9 Å². The molecule has 0 aromatic heterocycles. The van der Waals surface area contributed by atoms with Crippen molar-refractivity contribution in [1.29, 1.82) is 0 Å². The van der Waals surface area contributed by atoms with Gasteiger partial charge in [0.15, 0.2) is 0 Å². The van der Waals surface area contributed by atoms with Gasteiger partial charge in [-0.15, -0.1) is 0 Å². The molecule has 1 rings (SSSR count). The molecule has 2 N–H and O–H groups in total. The molecule has 0 amide bonds. The zero-order valence-electron chi connectivity index (χ0n) is 5.82. The van der Waals surface area contributed by atoms with Crippen LogP contribution in [0.25, 0.3) is 0 Å². The van der Waals surface area contributed by atoms with E-state index in [9.17, 15) is 4.79 Å². The Balaban J connectivity index is 3.01. The number of carboxylic acids is 1. The molecule has 0 aliphatic heterocycles. The first-order valence-corrected chi connectivity index (χ1v) is 8.38. The first kappa shape index (κ1) is 8.68. The van der Waals surface area contributed by atoms with Crippen LogP contribution >= 0.6 is 0 Å². The number of rotatable bonds is 2. The van der Waals surface area contributed by atoms with Gasteiger partial charge in [0.25, 0.3) is 0 Å². The first-order chi connectivity index (χ1) is 5.24. The standard InChI is InChI=1S/C7H5O2.Hg.H2O/c8-7(9)6-4-2-1-3-5-6;;/h1-2,4-5H,(H,8,9);;1H2/q;+1;/p-1. The minimum atomic E-state index is -1.89. The van der Waals surface area contributed by atoms with Crippen LogP contribution in [0.4, 0.5) is 0 Å². The van der Waals surface area contributed by atoms with E-state index >= 15 is 0 Å². The summed E-state index contributed by atoms with van der Waals surface area (Å²) in [4.78, 5) is 10.4. The second-order valence-corrected chi connectivity index (χ2v) is 6.57. The molecule has 1 aromatic rings. The van der Waals surface area contributed by atoms with E-state index < -0.39 is 31.0 Å². The van der Waals surface area contributed by atoms with Crippen LogP contribution in [0, 0.1) is 0 Å². The third-order valence-electron chi connectivity index (χ3n) is 1.36. The van der Waals surface area contributed by atoms with E-state index in [2.05, 4.69) is 0 Å². The van der Waals surface area contributed by atoms with E-state index in [4.69, 9.17) is 8.12 Å². The molecule has 0 atom stereocenters. The summed E-state index contributed by atoms with van der Waals surface area (Å²) in [6.07, 6.45) is 0. The number of carbonyl (C=O) groups is 1. The van der Waals surface area contributed by atoms with Crippen molar-refractivity contribution in [2.75, 3.05) is 0 Å². The van der Waals surface area contributed by atoms with E-state index in [1.165, 1.54) is 6.07 Å². The molecule has 4 heteroatoms. The van der Waals surface area contributed by atoms with Crippen molar-refractivity contribution >= 4 is 9.04 Å². The maximum atomic E-state index is 10.4. The minimum absolute atomic E-state index is 0.261. The Morgan fingerprint density at radius 1 is 1.45 bits per heavy atom. The molecule has 0 bridgehead atoms. The predicted molar refractivity (Wildman–Crippen MR) is 35.3 cm³/mol. The van der Waals surface area contributed by atoms with Crippen molar-refractivity contribution in [3.8, 4) is 0 Å². The van der Waals surface area contributed by atoms with Gasteiger partial charge < -0.3 is 0 Å². The van der Waals surface area contributed by atoms with Crippen LogP contribution in [0.5, 0.6) is 0 Å². The van der Waals surface area contributed by atoms with Crippen molar-refractivity contribution in [3.63, 3.8) is 0 Å². The van der Waals surface area contributed by atoms with Crippen molar-refractivity contribution in [2.24, 2.45) is 0 Å². The molecule has 0 saturated carbocycles. The van der Waals surface area contributed by atoms with E-state index in [1.54, 1.807) is 18.2 Å². The first-order valence-electron chi connectivity index (χ1n) is 3.17. The van der Waals surface area contributed by atoms with Crippen LogP contribution in [0.2, 0.25) is 0 Å². The van der Waals surface area contributed by atoms with Crippen LogP contribution in [-0.2, 0) is 25.0 Å². The van der Waals surface area contributed by atoms with Gasteiger partial charge in [-0.3, -0.25) is 0 Å². The number of hydrogen-bond donors (Lipinski definition) is 2. The van der Waals surface area contributed by atoms with E-state index in [-0.39, 0.29) is 5.56 Å². The topological polar surface area (TPSA) is 57.5 Å². The Morgan fingerprint density at radius 3 is 2.73 bits per heavy atom. The Bertz CT molecular complexity index is 272. The quantitative estimate of drug-likeness (QED) is 0.746. The van der Waals surface area contributed by atoms with Gasteiger partial charge in [-0.2, -0.15) is 0 Å². The molecule has 0 radical (unpaired) electrons. The van der Waals surface area contributed by atoms with Crippen LogP contribution in [0.1, 0.15) is 10.4 Å². The normalized spacial score (nSPS) is 8.82. The van der Waals surface area contributed by atoms with Gasteiger partial charge in [0, 0.05) is 0 Å². The third kappa shape index (κ3) is 2.27. The molecule has 0 aliphatic rings. The van der Waals surface area contributed by atoms with Gasteiger partial charge in [0.05, 0.1) is 0 Å². The van der Waals surface area contributed by atoms with Gasteiger partial charge in [0.2, 0.25) is 0 Å². The Labute approximate surface area is 76.8 Å². The Hall–Kier alpha value is -0.415. The molecule has 11 heavy (non-hydrogen) atoms. The number of aromatic carboxylic acids is 1. The van der Waals surface area contributed by atoms with Crippen LogP contribution in [0.15, 0.2) is 24.3 Å². The van der Waals surface area contributed by atoms with Gasteiger partial charge in [-0.1, -0.05) is 0 Å². The molecule has 0 spiro atoms. The zero-order valence-corrected chi connectivity index (χ0v) is 11.3. The average Bonchev–Trinajstić information content (AvgIpc) is 2.05. The maximum absolute atomic E-state index is 10.4. The van der Waals surface area contributed by atoms with Gasteiger partial charge in [-0.05, 0) is 0 Å². The van der Waals surface area contributed by atoms with Crippen LogP contribution in [-0.4, -0.2) is 14.1 Å². The molecule has 0 fully saturated rings. The average molecular weight is 339 g/mol. The number of hydrogen-bond acceptors (Lipinski definition) is 2. The van der Waals surface area contributed by atoms with Crippen molar-refractivity contribution in [1.82, 2.24) is 0 Å². The zero-order chi connectivity index (χ0) is 8.27. The summed E-state index contributed by atoms with van der Waals surface area (Å²) in [5, 5.41) is 8.55. The molecule has 3 nitrogen and oxygen atoms in total. The molecule has 0 unspecified atom stereocenters. The van der Waals surface area contributed by atoms with Gasteiger partial charge in [-0.25, -0.2) is 0 Å². The van der Waals surface area contributed by atoms with Crippen molar-refractivity contribution in [3.05, 3.63) is 29.8 Å². The molecular formula is C7H6HgO3. The van der Waals surface area contributed by atoms with E-state index in [0.29, 0.717) is 0 Å². The monoisotopic (exact) mass is 340 g/mol. The van der Waals surface area contributed by atoms with Gasteiger partial charge >= 0.3 is 76.8 Å². The molecule has 0 heterocycles. The summed E-state index contributed by atoms with van der Waals surface area (Å²) in [5.74, 6) is -0.936. The number of carboxylic acid groups (broad SMARTS) is 1. The fraction of sp³-hybridized carbons (Fsp3) is 0. The van der Waals surface area contributed by atoms with Crippen molar-refractivity contribution in [2.45, 2.75) is 0 Å². The SMILES string of the molecule is O=C(O)c1ccc[c]([Hg][OH])c1. The predicted octanol–water partition coefficient (Wildman–Crippen LogP) is -0.000100. The summed E-state index contributed by atoms with van der Waals surface area (Å²) < 4.78 is 9.71. The second kappa shape index (κ2) is 3.83. The third-order valence-corrected chi connectivity index (χ3v) is 4.49. The second-order valence-electron chi connectivity index (χ2n) is 2.16. The summed E-state index contributed by atoms with van der Waals surface area (Å²) in [7, 11) is 0. The summed E-state index contributed by atoms with van der Waals surface area (Å²) in [6, 6.07) is 6.50. The Kier molecular flexibility index (Phi) is 3.02. The van der Waals surface area contributed by atoms with E-state index in [1.807, 2.05) is 0 Å². The summed E-state index contributed by atoms with van der Waals surface area (Å²) >= 11 is -1.89. The van der Waals surface area contributed by atoms with Crippen LogP contribution < -0.4 is 3.07 Å². The molecule has 0 aliphatic carbocycles. The molecule has 54 valence electrons. The summed E-state index contributed by atoms with van der Waals surface area (Å²) in [6.45, 7) is 0. The Morgan fingerprint density at radius 2 is 2.18 bits per heavy atom. The molecule has 0 saturated heterocycles. The number of benzene rings is 1. The van der Waals surface area contributed by atoms with Crippen LogP contribution in [0.3, 0.4) is 0 Å². The summed E-state index contributed by atoms with van der Waals surface area (Å²) in [5.41, 5.74) is 0.261. The fourth-order valence-electron chi connectivity index (χ4n) is 0.803. The molecule has 1 aromatic carbocycles. The fourth-order valence-corrected chi connectivity index (χ4v) is 2.95. The molecular weight excluding hydrogens is 333 g/mol. The van der Waals surface area contributed by atoms with Gasteiger partial charge in [0.1, 0.15) is 0 Å².